The molecule has 0 spiro atoms. The third-order valence-corrected chi connectivity index (χ3v) is 12.4. The van der Waals surface area contributed by atoms with Gasteiger partial charge >= 0.3 is 0 Å². The van der Waals surface area contributed by atoms with Crippen molar-refractivity contribution in [3.8, 4) is 0 Å². The predicted octanol–water partition coefficient (Wildman–Crippen LogP) is 9.59. The summed E-state index contributed by atoms with van der Waals surface area (Å²) in [5, 5.41) is 0. The molecule has 0 N–H and O–H groups in total. The van der Waals surface area contributed by atoms with Gasteiger partial charge < -0.3 is 0 Å². The van der Waals surface area contributed by atoms with Gasteiger partial charge in [0, 0.05) is 0 Å². The smallest absolute Gasteiger partial charge is 0.0812 e. The van der Waals surface area contributed by atoms with E-state index in [2.05, 4.69) is 140 Å². The van der Waals surface area contributed by atoms with Gasteiger partial charge in [-0.1, -0.05) is 140 Å². The van der Waals surface area contributed by atoms with Crippen LogP contribution in [0.4, 0.5) is 0 Å². The molecule has 0 aliphatic rings. The maximum atomic E-state index is 2.48. The van der Waals surface area contributed by atoms with Crippen molar-refractivity contribution in [1.82, 2.24) is 0 Å². The Kier molecular flexibility index (Phi) is 10.7. The summed E-state index contributed by atoms with van der Waals surface area (Å²) < 4.78 is 0. The van der Waals surface area contributed by atoms with Crippen LogP contribution in [0.15, 0.2) is 59.9 Å². The maximum Gasteiger partial charge on any atom is 0.0812 e. The Morgan fingerprint density at radius 3 is 0.844 bits per heavy atom. The summed E-state index contributed by atoms with van der Waals surface area (Å²) in [6.07, 6.45) is 9.04. The average molecular weight is 459 g/mol. The van der Waals surface area contributed by atoms with E-state index in [0.717, 1.165) is 22.2 Å². The second-order valence-electron chi connectivity index (χ2n) is 9.95. The van der Waals surface area contributed by atoms with Crippen molar-refractivity contribution in [2.45, 2.75) is 77.6 Å². The fourth-order valence-corrected chi connectivity index (χ4v) is 9.09. The molecular weight excluding hydrogens is 417 g/mol. The van der Waals surface area contributed by atoms with Crippen LogP contribution in [0.2, 0.25) is 22.2 Å². The zero-order chi connectivity index (χ0) is 23.7. The van der Waals surface area contributed by atoms with Crippen molar-refractivity contribution < 1.29 is 0 Å². The molecule has 2 aromatic carbocycles. The molecule has 2 heteroatoms. The molecule has 2 rings (SSSR count). The van der Waals surface area contributed by atoms with Gasteiger partial charge in [-0.3, -0.25) is 0 Å². The van der Waals surface area contributed by atoms with E-state index in [1.165, 1.54) is 22.3 Å². The summed E-state index contributed by atoms with van der Waals surface area (Å²) in [7, 11) is -0.902. The van der Waals surface area contributed by atoms with E-state index in [0.29, 0.717) is 0 Å². The van der Waals surface area contributed by atoms with Crippen molar-refractivity contribution in [2.75, 3.05) is 0 Å². The molecule has 32 heavy (non-hydrogen) atoms. The van der Waals surface area contributed by atoms with E-state index in [4.69, 9.17) is 0 Å². The summed E-state index contributed by atoms with van der Waals surface area (Å²) in [5.74, 6) is 0. The molecule has 170 valence electrons. The minimum atomic E-state index is -0.451. The van der Waals surface area contributed by atoms with Crippen molar-refractivity contribution in [2.24, 2.45) is 0 Å². The van der Waals surface area contributed by atoms with Crippen LogP contribution >= 0.6 is 0 Å². The van der Waals surface area contributed by atoms with Crippen molar-refractivity contribution >= 4 is 41.9 Å². The normalized spacial score (nSPS) is 13.1. The van der Waals surface area contributed by atoms with Gasteiger partial charge in [-0.25, -0.2) is 0 Å². The van der Waals surface area contributed by atoms with Crippen molar-refractivity contribution in [3.05, 3.63) is 82.2 Å². The minimum absolute atomic E-state index is 0.451. The van der Waals surface area contributed by atoms with Crippen LogP contribution in [0.1, 0.15) is 77.6 Å². The minimum Gasteiger partial charge on any atom is -0.0950 e. The second kappa shape index (κ2) is 13.0. The monoisotopic (exact) mass is 458 g/mol. The molecule has 0 saturated carbocycles. The highest BCUT2D eigenvalue weighted by molar-refractivity contribution is 6.68. The van der Waals surface area contributed by atoms with Crippen molar-refractivity contribution in [3.63, 3.8) is 0 Å². The molecule has 0 aliphatic heterocycles. The lowest BCUT2D eigenvalue weighted by Gasteiger charge is -2.18. The van der Waals surface area contributed by atoms with Crippen LogP contribution < -0.4 is 0 Å². The topological polar surface area (TPSA) is 0 Å². The van der Waals surface area contributed by atoms with E-state index >= 15 is 0 Å². The maximum absolute atomic E-state index is 2.48. The van der Waals surface area contributed by atoms with Gasteiger partial charge in [0.2, 0.25) is 0 Å². The highest BCUT2D eigenvalue weighted by Crippen LogP contribution is 2.23. The number of hydrogen-bond acceptors (Lipinski definition) is 0. The van der Waals surface area contributed by atoms with Crippen LogP contribution in [-0.4, -0.2) is 17.6 Å². The van der Waals surface area contributed by atoms with Crippen LogP contribution in [0.25, 0.3) is 24.3 Å². The van der Waals surface area contributed by atoms with Crippen LogP contribution in [0.3, 0.4) is 0 Å². The molecule has 0 unspecified atom stereocenters. The Balaban J connectivity index is 2.00. The average Bonchev–Trinajstić information content (AvgIpc) is 2.73. The SMILES string of the molecule is CC(C)[Si](/C=C/c1ccc(/C=C/c2ccc(/C=C/[Si](C(C)C)C(C)C)cc2)cc1)C(C)C. The fraction of sp³-hybridized carbons (Fsp3) is 0.400. The van der Waals surface area contributed by atoms with Crippen molar-refractivity contribution in [1.29, 1.82) is 0 Å². The summed E-state index contributed by atoms with van der Waals surface area (Å²) in [4.78, 5) is 0. The largest absolute Gasteiger partial charge is 0.0950 e. The van der Waals surface area contributed by atoms with Gasteiger partial charge in [0.25, 0.3) is 0 Å². The Morgan fingerprint density at radius 2 is 0.625 bits per heavy atom. The van der Waals surface area contributed by atoms with E-state index in [9.17, 15) is 0 Å². The van der Waals surface area contributed by atoms with Crippen LogP contribution in [0.5, 0.6) is 0 Å². The van der Waals surface area contributed by atoms with Gasteiger partial charge in [-0.15, -0.1) is 0 Å². The number of hydrogen-bond donors (Lipinski definition) is 0. The Hall–Kier alpha value is -1.91. The van der Waals surface area contributed by atoms with Gasteiger partial charge in [-0.05, 0) is 44.4 Å². The molecule has 0 atom stereocenters. The van der Waals surface area contributed by atoms with Gasteiger partial charge in [-0.2, -0.15) is 0 Å². The first-order valence-electron chi connectivity index (χ1n) is 12.1. The Bertz CT molecular complexity index is 790. The van der Waals surface area contributed by atoms with E-state index in [1.54, 1.807) is 0 Å². The molecule has 0 aliphatic carbocycles. The number of rotatable bonds is 10. The van der Waals surface area contributed by atoms with Gasteiger partial charge in [0.1, 0.15) is 0 Å². The van der Waals surface area contributed by atoms with Crippen LogP contribution in [0, 0.1) is 0 Å². The van der Waals surface area contributed by atoms with Crippen LogP contribution in [-0.2, 0) is 0 Å². The van der Waals surface area contributed by atoms with Gasteiger partial charge in [0.15, 0.2) is 0 Å². The molecule has 2 aromatic rings. The third-order valence-electron chi connectivity index (χ3n) is 5.94. The first kappa shape index (κ1) is 26.3. The Morgan fingerprint density at radius 1 is 0.406 bits per heavy atom. The predicted molar refractivity (Wildman–Crippen MR) is 152 cm³/mol. The molecule has 0 nitrogen and oxygen atoms in total. The molecule has 0 fully saturated rings. The highest BCUT2D eigenvalue weighted by atomic mass is 28.3. The molecule has 0 saturated heterocycles. The molecule has 2 radical (unpaired) electrons. The van der Waals surface area contributed by atoms with E-state index in [-0.39, 0.29) is 0 Å². The second-order valence-corrected chi connectivity index (χ2v) is 17.2. The fourth-order valence-electron chi connectivity index (χ4n) is 4.12. The lowest BCUT2D eigenvalue weighted by molar-refractivity contribution is 0.950. The molecule has 0 amide bonds. The molecule has 0 bridgehead atoms. The summed E-state index contributed by atoms with van der Waals surface area (Å²) in [6.45, 7) is 18.8. The quantitative estimate of drug-likeness (QED) is 0.245. The third kappa shape index (κ3) is 8.56. The standard InChI is InChI=1S/C30H42Si2/c1-23(2)31(24(3)4)21-19-29-15-11-27(12-16-29)9-10-28-13-17-30(18-14-28)20-22-32(25(5)6)26(7)8/h9-26H,1-8H3/b10-9+,21-19+,22-20+. The Labute approximate surface area is 201 Å². The molecule has 0 heterocycles. The molecular formula is C30H42Si2. The highest BCUT2D eigenvalue weighted by Gasteiger charge is 2.16. The lowest BCUT2D eigenvalue weighted by atomic mass is 10.1. The first-order valence-corrected chi connectivity index (χ1v) is 15.6. The number of benzene rings is 2. The first-order chi connectivity index (χ1) is 15.2. The van der Waals surface area contributed by atoms with E-state index in [1.807, 2.05) is 0 Å². The zero-order valence-corrected chi connectivity index (χ0v) is 23.4. The molecule has 0 aromatic heterocycles. The zero-order valence-electron chi connectivity index (χ0n) is 21.4. The summed E-state index contributed by atoms with van der Waals surface area (Å²) in [5.41, 5.74) is 13.1. The summed E-state index contributed by atoms with van der Waals surface area (Å²) in [6, 6.07) is 17.8. The van der Waals surface area contributed by atoms with Gasteiger partial charge in [0.05, 0.1) is 17.6 Å². The lowest BCUT2D eigenvalue weighted by Crippen LogP contribution is -2.17. The summed E-state index contributed by atoms with van der Waals surface area (Å²) >= 11 is 0. The van der Waals surface area contributed by atoms with E-state index < -0.39 is 17.6 Å².